The van der Waals surface area contributed by atoms with Gasteiger partial charge in [0, 0.05) is 0 Å². The van der Waals surface area contributed by atoms with Crippen molar-refractivity contribution in [1.82, 2.24) is 5.32 Å². The second kappa shape index (κ2) is 12.3. The minimum atomic E-state index is -0.886. The predicted octanol–water partition coefficient (Wildman–Crippen LogP) is 2.28. The van der Waals surface area contributed by atoms with E-state index in [1.54, 1.807) is 7.11 Å². The number of allylic oxidation sites excluding steroid dienone is 1. The molecule has 1 unspecified atom stereocenters. The number of aliphatic hydroxyl groups excluding tert-OH is 1. The number of carbonyl (C=O) groups is 1. The molecule has 0 aliphatic carbocycles. The van der Waals surface area contributed by atoms with E-state index in [1.165, 1.54) is 0 Å². The summed E-state index contributed by atoms with van der Waals surface area (Å²) < 4.78 is 8.19. The summed E-state index contributed by atoms with van der Waals surface area (Å²) in [6, 6.07) is 25.0. The Bertz CT molecular complexity index is 1250. The molecule has 1 aliphatic heterocycles. The molecule has 5 nitrogen and oxygen atoms in total. The number of aliphatic imine (C=N–C) groups is 1. The molecule has 0 spiro atoms. The van der Waals surface area contributed by atoms with Crippen molar-refractivity contribution in [2.75, 3.05) is 11.5 Å². The van der Waals surface area contributed by atoms with Crippen LogP contribution in [0.4, 0.5) is 0 Å². The molecule has 0 fully saturated rings. The van der Waals surface area contributed by atoms with Crippen LogP contribution >= 0.6 is 15.9 Å². The number of hydrogen-bond donors (Lipinski definition) is 2. The summed E-state index contributed by atoms with van der Waals surface area (Å²) >= 11 is 3.03. The molecule has 1 atom stereocenters. The summed E-state index contributed by atoms with van der Waals surface area (Å²) in [5, 5.41) is 14.1. The molecule has 7 heteroatoms. The Kier molecular flexibility index (Phi) is 8.90. The molecule has 0 saturated carbocycles. The van der Waals surface area contributed by atoms with Crippen LogP contribution in [0.15, 0.2) is 106 Å². The van der Waals surface area contributed by atoms with E-state index in [4.69, 9.17) is 9.73 Å². The number of halogens is 2. The predicted molar refractivity (Wildman–Crippen MR) is 139 cm³/mol. The Morgan fingerprint density at radius 2 is 1.80 bits per heavy atom. The molecule has 1 aliphatic rings. The van der Waals surface area contributed by atoms with Crippen molar-refractivity contribution in [3.63, 3.8) is 0 Å². The van der Waals surface area contributed by atoms with Crippen molar-refractivity contribution in [2.24, 2.45) is 4.99 Å². The van der Waals surface area contributed by atoms with Gasteiger partial charge in [0.1, 0.15) is 0 Å². The fourth-order valence-electron chi connectivity index (χ4n) is 3.56. The van der Waals surface area contributed by atoms with Crippen molar-refractivity contribution in [3.8, 4) is 5.75 Å². The number of hydrogen-bond acceptors (Lipinski definition) is 4. The van der Waals surface area contributed by atoms with Crippen LogP contribution in [0.2, 0.25) is 0 Å². The number of benzene rings is 3. The van der Waals surface area contributed by atoms with Crippen molar-refractivity contribution in [3.05, 3.63) is 118 Å². The monoisotopic (exact) mass is 643 g/mol. The standard InChI is InChI=1S/C28H25BrIN2O3/c1-35-23-13-9-20(10-14-23)25-18-31-28(32-26(33)17-19-7-11-22(29)12-8-19)24(15-16-30-25)27(34)21-5-3-2-4-6-21/h2-15,18,27,34H,16-17H2,1H3,(H,31,32,33)/q-1. The SMILES string of the molecule is COc1ccc(C2=CN=C(NC(=O)Cc3ccc(Br)cc3)C(C(O)c3ccccc3)=CC[I-]2)cc1. The summed E-state index contributed by atoms with van der Waals surface area (Å²) in [6.07, 6.45) is 3.17. The van der Waals surface area contributed by atoms with Gasteiger partial charge in [0.25, 0.3) is 0 Å². The van der Waals surface area contributed by atoms with Crippen LogP contribution in [0.5, 0.6) is 5.75 Å². The summed E-state index contributed by atoms with van der Waals surface area (Å²) in [4.78, 5) is 17.6. The van der Waals surface area contributed by atoms with Gasteiger partial charge >= 0.3 is 225 Å². The average molecular weight is 644 g/mol. The van der Waals surface area contributed by atoms with Gasteiger partial charge in [-0.2, -0.15) is 0 Å². The van der Waals surface area contributed by atoms with Crippen molar-refractivity contribution >= 4 is 31.3 Å². The van der Waals surface area contributed by atoms with Crippen molar-refractivity contribution < 1.29 is 35.8 Å². The Morgan fingerprint density at radius 1 is 1.09 bits per heavy atom. The van der Waals surface area contributed by atoms with Gasteiger partial charge in [-0.25, -0.2) is 0 Å². The first kappa shape index (κ1) is 25.3. The first-order valence-electron chi connectivity index (χ1n) is 11.0. The van der Waals surface area contributed by atoms with E-state index in [1.807, 2.05) is 91.1 Å². The maximum absolute atomic E-state index is 13.0. The Hall–Kier alpha value is -2.75. The van der Waals surface area contributed by atoms with Gasteiger partial charge in [-0.1, -0.05) is 0 Å². The van der Waals surface area contributed by atoms with Crippen LogP contribution < -0.4 is 31.3 Å². The van der Waals surface area contributed by atoms with Crippen LogP contribution in [0, 0.1) is 0 Å². The van der Waals surface area contributed by atoms with E-state index < -0.39 is 6.10 Å². The van der Waals surface area contributed by atoms with Crippen LogP contribution in [0.3, 0.4) is 0 Å². The third-order valence-electron chi connectivity index (χ3n) is 5.41. The van der Waals surface area contributed by atoms with Crippen molar-refractivity contribution in [1.29, 1.82) is 0 Å². The van der Waals surface area contributed by atoms with E-state index in [9.17, 15) is 9.90 Å². The number of amides is 1. The van der Waals surface area contributed by atoms with E-state index in [2.05, 4.69) is 21.2 Å². The number of ether oxygens (including phenoxy) is 1. The van der Waals surface area contributed by atoms with Crippen LogP contribution in [-0.4, -0.2) is 28.4 Å². The number of amidine groups is 1. The molecule has 0 saturated heterocycles. The first-order valence-corrected chi connectivity index (χ1v) is 14.4. The van der Waals surface area contributed by atoms with Gasteiger partial charge < -0.3 is 0 Å². The molecule has 0 bridgehead atoms. The van der Waals surface area contributed by atoms with Gasteiger partial charge in [-0.05, 0) is 0 Å². The van der Waals surface area contributed by atoms with E-state index in [0.29, 0.717) is 11.4 Å². The van der Waals surface area contributed by atoms with Crippen molar-refractivity contribution in [2.45, 2.75) is 12.5 Å². The molecule has 1 amide bonds. The first-order chi connectivity index (χ1) is 17.0. The molecule has 35 heavy (non-hydrogen) atoms. The zero-order chi connectivity index (χ0) is 24.6. The second-order valence-corrected chi connectivity index (χ2v) is 11.5. The van der Waals surface area contributed by atoms with Crippen LogP contribution in [-0.2, 0) is 11.2 Å². The zero-order valence-electron chi connectivity index (χ0n) is 19.1. The number of rotatable bonds is 6. The average Bonchev–Trinajstić information content (AvgIpc) is 2.88. The number of carbonyl (C=O) groups excluding carboxylic acids is 1. The summed E-state index contributed by atoms with van der Waals surface area (Å²) in [5.74, 6) is 0.987. The molecule has 180 valence electrons. The molecular weight excluding hydrogens is 619 g/mol. The third kappa shape index (κ3) is 6.90. The summed E-state index contributed by atoms with van der Waals surface area (Å²) in [7, 11) is 1.65. The molecule has 1 heterocycles. The number of nitrogens with one attached hydrogen (secondary N) is 1. The molecular formula is C28H25BrIN2O3-. The second-order valence-electron chi connectivity index (χ2n) is 7.80. The maximum atomic E-state index is 13.0. The fourth-order valence-corrected chi connectivity index (χ4v) is 6.13. The number of alkyl halides is 1. The topological polar surface area (TPSA) is 70.9 Å². The van der Waals surface area contributed by atoms with Crippen LogP contribution in [0.1, 0.15) is 22.8 Å². The number of nitrogens with zero attached hydrogens (tertiary/aromatic N) is 1. The summed E-state index contributed by atoms with van der Waals surface area (Å²) in [5.41, 5.74) is 3.35. The molecule has 4 rings (SSSR count). The molecule has 0 radical (unpaired) electrons. The molecule has 3 aromatic rings. The van der Waals surface area contributed by atoms with Gasteiger partial charge in [0.2, 0.25) is 0 Å². The minimum absolute atomic E-state index is 0.188. The molecule has 2 N–H and O–H groups in total. The van der Waals surface area contributed by atoms with Gasteiger partial charge in [0.15, 0.2) is 0 Å². The normalized spacial score (nSPS) is 14.8. The molecule has 3 aromatic carbocycles. The van der Waals surface area contributed by atoms with Gasteiger partial charge in [0.05, 0.1) is 0 Å². The van der Waals surface area contributed by atoms with Gasteiger partial charge in [-0.15, -0.1) is 0 Å². The fraction of sp³-hybridized carbons (Fsp3) is 0.143. The number of methoxy groups -OCH3 is 1. The Labute approximate surface area is 224 Å². The summed E-state index contributed by atoms with van der Waals surface area (Å²) in [6.45, 7) is 0. The van der Waals surface area contributed by atoms with E-state index in [-0.39, 0.29) is 33.5 Å². The Balaban J connectivity index is 1.64. The molecule has 0 aromatic heterocycles. The quantitative estimate of drug-likeness (QED) is 0.320. The number of aliphatic hydroxyl groups is 1. The zero-order valence-corrected chi connectivity index (χ0v) is 22.9. The van der Waals surface area contributed by atoms with Gasteiger partial charge in [-0.3, -0.25) is 0 Å². The van der Waals surface area contributed by atoms with E-state index in [0.717, 1.165) is 34.9 Å². The van der Waals surface area contributed by atoms with Crippen LogP contribution in [0.25, 0.3) is 3.58 Å². The Morgan fingerprint density at radius 3 is 2.49 bits per heavy atom. The third-order valence-corrected chi connectivity index (χ3v) is 8.54. The van der Waals surface area contributed by atoms with E-state index >= 15 is 0 Å².